The normalized spacial score (nSPS) is 12.3. The standard InChI is InChI=1S/C13H19BrN2O2/c1-8(2)6-10(15)13(17)16-11-7-9(14)4-5-12(11)18-3/h4-5,7-8,10H,6,15H2,1-3H3,(H,16,17)/t10-/m0/s1. The van der Waals surface area contributed by atoms with Crippen molar-refractivity contribution in [1.82, 2.24) is 0 Å². The summed E-state index contributed by atoms with van der Waals surface area (Å²) in [6, 6.07) is 4.92. The van der Waals surface area contributed by atoms with Gasteiger partial charge in [0.05, 0.1) is 18.8 Å². The van der Waals surface area contributed by atoms with Crippen LogP contribution in [0.15, 0.2) is 22.7 Å². The molecule has 0 aliphatic rings. The number of rotatable bonds is 5. The number of halogens is 1. The number of carbonyl (C=O) groups excluding carboxylic acids is 1. The molecule has 1 amide bonds. The van der Waals surface area contributed by atoms with E-state index in [-0.39, 0.29) is 5.91 Å². The molecule has 0 heterocycles. The summed E-state index contributed by atoms with van der Waals surface area (Å²) in [5.74, 6) is 0.804. The molecule has 0 saturated carbocycles. The van der Waals surface area contributed by atoms with E-state index in [9.17, 15) is 4.79 Å². The lowest BCUT2D eigenvalue weighted by Crippen LogP contribution is -2.36. The van der Waals surface area contributed by atoms with Crippen LogP contribution in [0, 0.1) is 5.92 Å². The van der Waals surface area contributed by atoms with Gasteiger partial charge in [0.15, 0.2) is 0 Å². The van der Waals surface area contributed by atoms with Gasteiger partial charge in [-0.15, -0.1) is 0 Å². The summed E-state index contributed by atoms with van der Waals surface area (Å²) in [4.78, 5) is 11.9. The summed E-state index contributed by atoms with van der Waals surface area (Å²) >= 11 is 3.35. The summed E-state index contributed by atoms with van der Waals surface area (Å²) in [7, 11) is 1.56. The number of amides is 1. The highest BCUT2D eigenvalue weighted by molar-refractivity contribution is 9.10. The topological polar surface area (TPSA) is 64.3 Å². The SMILES string of the molecule is COc1ccc(Br)cc1NC(=O)[C@@H](N)CC(C)C. The number of methoxy groups -OCH3 is 1. The first-order valence-electron chi connectivity index (χ1n) is 5.84. The van der Waals surface area contributed by atoms with Crippen LogP contribution in [0.4, 0.5) is 5.69 Å². The zero-order valence-corrected chi connectivity index (χ0v) is 12.5. The van der Waals surface area contributed by atoms with E-state index >= 15 is 0 Å². The van der Waals surface area contributed by atoms with Crippen molar-refractivity contribution in [1.29, 1.82) is 0 Å². The van der Waals surface area contributed by atoms with E-state index < -0.39 is 6.04 Å². The first-order valence-corrected chi connectivity index (χ1v) is 6.63. The van der Waals surface area contributed by atoms with E-state index in [1.807, 2.05) is 19.9 Å². The summed E-state index contributed by atoms with van der Waals surface area (Å²) in [6.45, 7) is 4.07. The van der Waals surface area contributed by atoms with Crippen LogP contribution in [0.1, 0.15) is 20.3 Å². The van der Waals surface area contributed by atoms with E-state index in [0.29, 0.717) is 23.8 Å². The maximum Gasteiger partial charge on any atom is 0.241 e. The third-order valence-corrected chi connectivity index (χ3v) is 2.97. The number of hydrogen-bond donors (Lipinski definition) is 2. The number of carbonyl (C=O) groups is 1. The quantitative estimate of drug-likeness (QED) is 0.878. The largest absolute Gasteiger partial charge is 0.495 e. The maximum atomic E-state index is 11.9. The fraction of sp³-hybridized carbons (Fsp3) is 0.462. The summed E-state index contributed by atoms with van der Waals surface area (Å²) < 4.78 is 6.06. The molecule has 0 aliphatic carbocycles. The number of nitrogens with two attached hydrogens (primary N) is 1. The Morgan fingerprint density at radius 2 is 2.17 bits per heavy atom. The molecule has 0 aliphatic heterocycles. The number of benzene rings is 1. The Morgan fingerprint density at radius 1 is 1.50 bits per heavy atom. The molecule has 1 atom stereocenters. The molecule has 0 radical (unpaired) electrons. The van der Waals surface area contributed by atoms with Crippen molar-refractivity contribution in [2.75, 3.05) is 12.4 Å². The number of anilines is 1. The molecule has 5 heteroatoms. The molecule has 18 heavy (non-hydrogen) atoms. The second-order valence-electron chi connectivity index (χ2n) is 4.57. The van der Waals surface area contributed by atoms with Crippen LogP contribution < -0.4 is 15.8 Å². The first-order chi connectivity index (χ1) is 8.43. The fourth-order valence-corrected chi connectivity index (χ4v) is 1.98. The number of nitrogens with one attached hydrogen (secondary N) is 1. The van der Waals surface area contributed by atoms with Crippen molar-refractivity contribution in [2.45, 2.75) is 26.3 Å². The number of hydrogen-bond acceptors (Lipinski definition) is 3. The van der Waals surface area contributed by atoms with Crippen molar-refractivity contribution in [3.8, 4) is 5.75 Å². The van der Waals surface area contributed by atoms with Crippen LogP contribution >= 0.6 is 15.9 Å². The molecule has 1 rings (SSSR count). The van der Waals surface area contributed by atoms with Gasteiger partial charge >= 0.3 is 0 Å². The Labute approximate surface area is 116 Å². The van der Waals surface area contributed by atoms with Gasteiger partial charge in [0, 0.05) is 4.47 Å². The van der Waals surface area contributed by atoms with Crippen LogP contribution in [0.3, 0.4) is 0 Å². The lowest BCUT2D eigenvalue weighted by molar-refractivity contribution is -0.117. The molecule has 4 nitrogen and oxygen atoms in total. The zero-order valence-electron chi connectivity index (χ0n) is 10.9. The Morgan fingerprint density at radius 3 is 2.72 bits per heavy atom. The molecule has 0 bridgehead atoms. The van der Waals surface area contributed by atoms with Gasteiger partial charge in [-0.2, -0.15) is 0 Å². The fourth-order valence-electron chi connectivity index (χ4n) is 1.62. The number of ether oxygens (including phenoxy) is 1. The van der Waals surface area contributed by atoms with Crippen LogP contribution in [0.5, 0.6) is 5.75 Å². The predicted octanol–water partition coefficient (Wildman–Crippen LogP) is 2.77. The highest BCUT2D eigenvalue weighted by Crippen LogP contribution is 2.28. The van der Waals surface area contributed by atoms with E-state index in [4.69, 9.17) is 10.5 Å². The molecular formula is C13H19BrN2O2. The first kappa shape index (κ1) is 15.0. The molecule has 1 aromatic rings. The minimum atomic E-state index is -0.506. The highest BCUT2D eigenvalue weighted by atomic mass is 79.9. The van der Waals surface area contributed by atoms with Crippen molar-refractivity contribution < 1.29 is 9.53 Å². The maximum absolute atomic E-state index is 11.9. The van der Waals surface area contributed by atoms with Crippen molar-refractivity contribution in [3.05, 3.63) is 22.7 Å². The molecule has 0 spiro atoms. The molecule has 0 aromatic heterocycles. The van der Waals surface area contributed by atoms with Crippen LogP contribution in [-0.4, -0.2) is 19.1 Å². The van der Waals surface area contributed by atoms with Gasteiger partial charge < -0.3 is 15.8 Å². The third-order valence-electron chi connectivity index (χ3n) is 2.48. The van der Waals surface area contributed by atoms with Gasteiger partial charge in [-0.25, -0.2) is 0 Å². The van der Waals surface area contributed by atoms with Gasteiger partial charge in [-0.05, 0) is 30.5 Å². The molecular weight excluding hydrogens is 296 g/mol. The zero-order chi connectivity index (χ0) is 13.7. The average molecular weight is 315 g/mol. The van der Waals surface area contributed by atoms with Gasteiger partial charge in [0.1, 0.15) is 5.75 Å². The third kappa shape index (κ3) is 4.31. The minimum absolute atomic E-state index is 0.194. The summed E-state index contributed by atoms with van der Waals surface area (Å²) in [6.07, 6.45) is 0.655. The van der Waals surface area contributed by atoms with E-state index in [2.05, 4.69) is 21.2 Å². The Balaban J connectivity index is 2.77. The Bertz CT molecular complexity index is 421. The molecule has 0 unspecified atom stereocenters. The average Bonchev–Trinajstić information content (AvgIpc) is 2.28. The summed E-state index contributed by atoms with van der Waals surface area (Å²) in [5.41, 5.74) is 6.45. The smallest absolute Gasteiger partial charge is 0.241 e. The Hall–Kier alpha value is -1.07. The summed E-state index contributed by atoms with van der Waals surface area (Å²) in [5, 5.41) is 2.79. The van der Waals surface area contributed by atoms with Gasteiger partial charge in [0.25, 0.3) is 0 Å². The lowest BCUT2D eigenvalue weighted by atomic mass is 10.0. The Kier molecular flexibility index (Phi) is 5.62. The van der Waals surface area contributed by atoms with E-state index in [1.54, 1.807) is 19.2 Å². The lowest BCUT2D eigenvalue weighted by Gasteiger charge is -2.16. The minimum Gasteiger partial charge on any atom is -0.495 e. The molecule has 0 saturated heterocycles. The van der Waals surface area contributed by atoms with E-state index in [1.165, 1.54) is 0 Å². The monoisotopic (exact) mass is 314 g/mol. The van der Waals surface area contributed by atoms with Crippen LogP contribution in [-0.2, 0) is 4.79 Å². The van der Waals surface area contributed by atoms with Gasteiger partial charge in [-0.1, -0.05) is 29.8 Å². The second-order valence-corrected chi connectivity index (χ2v) is 5.49. The highest BCUT2D eigenvalue weighted by Gasteiger charge is 2.16. The van der Waals surface area contributed by atoms with Crippen molar-refractivity contribution in [2.24, 2.45) is 11.7 Å². The molecule has 1 aromatic carbocycles. The van der Waals surface area contributed by atoms with Gasteiger partial charge in [0.2, 0.25) is 5.91 Å². The van der Waals surface area contributed by atoms with Crippen molar-refractivity contribution in [3.63, 3.8) is 0 Å². The second kappa shape index (κ2) is 6.75. The molecule has 0 fully saturated rings. The van der Waals surface area contributed by atoms with Gasteiger partial charge in [-0.3, -0.25) is 4.79 Å². The van der Waals surface area contributed by atoms with Crippen LogP contribution in [0.2, 0.25) is 0 Å². The molecule has 3 N–H and O–H groups in total. The van der Waals surface area contributed by atoms with Crippen LogP contribution in [0.25, 0.3) is 0 Å². The van der Waals surface area contributed by atoms with E-state index in [0.717, 1.165) is 4.47 Å². The predicted molar refractivity (Wildman–Crippen MR) is 76.8 cm³/mol. The molecule has 100 valence electrons. The van der Waals surface area contributed by atoms with Crippen molar-refractivity contribution >= 4 is 27.5 Å².